The minimum atomic E-state index is -0.568. The molecule has 0 saturated carbocycles. The number of hydrogen-bond donors (Lipinski definition) is 0. The number of carbonyl (C=O) groups excluding carboxylic acids is 1. The van der Waals surface area contributed by atoms with Gasteiger partial charge in [0.1, 0.15) is 5.82 Å². The van der Waals surface area contributed by atoms with Gasteiger partial charge in [0.25, 0.3) is 0 Å². The monoisotopic (exact) mass is 276 g/mol. The van der Waals surface area contributed by atoms with Gasteiger partial charge in [0.2, 0.25) is 0 Å². The van der Waals surface area contributed by atoms with Gasteiger partial charge in [-0.05, 0) is 48.7 Å². The molecular weight excluding hydrogens is 263 g/mol. The lowest BCUT2D eigenvalue weighted by atomic mass is 9.99. The molecule has 3 heteroatoms. The minimum Gasteiger partial charge on any atom is -0.294 e. The lowest BCUT2D eigenvalue weighted by Crippen LogP contribution is -2.06. The van der Waals surface area contributed by atoms with Crippen LogP contribution in [-0.2, 0) is 6.42 Å². The lowest BCUT2D eigenvalue weighted by Gasteiger charge is -2.06. The van der Waals surface area contributed by atoms with Gasteiger partial charge in [-0.2, -0.15) is 0 Å². The van der Waals surface area contributed by atoms with Crippen molar-refractivity contribution >= 4 is 17.4 Å². The molecule has 0 amide bonds. The predicted octanol–water partition coefficient (Wildman–Crippen LogP) is 4.52. The van der Waals surface area contributed by atoms with Crippen LogP contribution in [0.15, 0.2) is 36.4 Å². The van der Waals surface area contributed by atoms with Crippen molar-refractivity contribution in [3.63, 3.8) is 0 Å². The standard InChI is InChI=1S/C16H14ClFO/c1-10-3-4-12(7-11(10)2)8-16(19)14-6-5-13(17)9-15(14)18/h3-7,9H,8H2,1-2H3. The Hall–Kier alpha value is -1.67. The van der Waals surface area contributed by atoms with Crippen LogP contribution in [-0.4, -0.2) is 5.78 Å². The SMILES string of the molecule is Cc1ccc(CC(=O)c2ccc(Cl)cc2F)cc1C. The number of aryl methyl sites for hydroxylation is 2. The van der Waals surface area contributed by atoms with Crippen molar-refractivity contribution in [2.45, 2.75) is 20.3 Å². The highest BCUT2D eigenvalue weighted by Crippen LogP contribution is 2.17. The molecule has 0 fully saturated rings. The summed E-state index contributed by atoms with van der Waals surface area (Å²) in [6, 6.07) is 9.94. The maximum absolute atomic E-state index is 13.6. The minimum absolute atomic E-state index is 0.0858. The van der Waals surface area contributed by atoms with E-state index in [0.717, 1.165) is 17.2 Å². The van der Waals surface area contributed by atoms with Crippen LogP contribution in [0.3, 0.4) is 0 Å². The number of Topliss-reactive ketones (excluding diaryl/α,β-unsaturated/α-hetero) is 1. The van der Waals surface area contributed by atoms with Crippen LogP contribution in [0.25, 0.3) is 0 Å². The average Bonchev–Trinajstić information content (AvgIpc) is 2.33. The number of halogens is 2. The van der Waals surface area contributed by atoms with Crippen molar-refractivity contribution in [3.05, 3.63) is 69.5 Å². The molecule has 0 heterocycles. The molecule has 0 aliphatic heterocycles. The number of ketones is 1. The molecule has 0 unspecified atom stereocenters. The first-order chi connectivity index (χ1) is 8.97. The second-order valence-corrected chi connectivity index (χ2v) is 5.08. The van der Waals surface area contributed by atoms with Crippen molar-refractivity contribution in [1.29, 1.82) is 0 Å². The topological polar surface area (TPSA) is 17.1 Å². The van der Waals surface area contributed by atoms with Crippen molar-refractivity contribution in [2.24, 2.45) is 0 Å². The molecule has 0 saturated heterocycles. The first-order valence-corrected chi connectivity index (χ1v) is 6.39. The molecular formula is C16H14ClFO. The lowest BCUT2D eigenvalue weighted by molar-refractivity contribution is 0.0989. The van der Waals surface area contributed by atoms with Crippen LogP contribution in [0.4, 0.5) is 4.39 Å². The molecule has 1 nitrogen and oxygen atoms in total. The van der Waals surface area contributed by atoms with Gasteiger partial charge in [-0.25, -0.2) is 4.39 Å². The van der Waals surface area contributed by atoms with E-state index in [1.807, 2.05) is 32.0 Å². The Morgan fingerprint density at radius 1 is 1.11 bits per heavy atom. The molecule has 2 aromatic rings. The summed E-state index contributed by atoms with van der Waals surface area (Å²) in [5.41, 5.74) is 3.28. The van der Waals surface area contributed by atoms with Gasteiger partial charge in [0.15, 0.2) is 5.78 Å². The molecule has 98 valence electrons. The van der Waals surface area contributed by atoms with E-state index in [1.54, 1.807) is 0 Å². The fourth-order valence-electron chi connectivity index (χ4n) is 1.91. The van der Waals surface area contributed by atoms with Gasteiger partial charge in [0.05, 0.1) is 5.56 Å². The smallest absolute Gasteiger partial charge is 0.170 e. The molecule has 0 aliphatic carbocycles. The van der Waals surface area contributed by atoms with Crippen LogP contribution in [0.5, 0.6) is 0 Å². The average molecular weight is 277 g/mol. The summed E-state index contributed by atoms with van der Waals surface area (Å²) in [6.07, 6.45) is 0.194. The zero-order valence-corrected chi connectivity index (χ0v) is 11.6. The Bertz CT molecular complexity index is 635. The van der Waals surface area contributed by atoms with E-state index in [4.69, 9.17) is 11.6 Å². The summed E-state index contributed by atoms with van der Waals surface area (Å²) < 4.78 is 13.6. The Labute approximate surface area is 117 Å². The van der Waals surface area contributed by atoms with E-state index in [-0.39, 0.29) is 17.8 Å². The highest BCUT2D eigenvalue weighted by atomic mass is 35.5. The number of carbonyl (C=O) groups is 1. The third kappa shape index (κ3) is 3.21. The molecule has 0 aliphatic rings. The second kappa shape index (κ2) is 5.54. The Morgan fingerprint density at radius 3 is 2.47 bits per heavy atom. The summed E-state index contributed by atoms with van der Waals surface area (Å²) in [6.45, 7) is 4.01. The van der Waals surface area contributed by atoms with Crippen molar-refractivity contribution in [2.75, 3.05) is 0 Å². The maximum Gasteiger partial charge on any atom is 0.170 e. The third-order valence-corrected chi connectivity index (χ3v) is 3.40. The molecule has 0 atom stereocenters. The van der Waals surface area contributed by atoms with Crippen LogP contribution in [0.1, 0.15) is 27.0 Å². The quantitative estimate of drug-likeness (QED) is 0.753. The van der Waals surface area contributed by atoms with Gasteiger partial charge in [-0.1, -0.05) is 29.8 Å². The zero-order valence-electron chi connectivity index (χ0n) is 10.8. The number of benzene rings is 2. The summed E-state index contributed by atoms with van der Waals surface area (Å²) in [5, 5.41) is 0.292. The van der Waals surface area contributed by atoms with Gasteiger partial charge in [-0.3, -0.25) is 4.79 Å². The Kier molecular flexibility index (Phi) is 4.01. The first kappa shape index (κ1) is 13.8. The maximum atomic E-state index is 13.6. The zero-order chi connectivity index (χ0) is 14.0. The van der Waals surface area contributed by atoms with E-state index in [0.29, 0.717) is 5.02 Å². The normalized spacial score (nSPS) is 10.5. The highest BCUT2D eigenvalue weighted by Gasteiger charge is 2.13. The molecule has 0 spiro atoms. The van der Waals surface area contributed by atoms with Gasteiger partial charge in [0, 0.05) is 11.4 Å². The van der Waals surface area contributed by atoms with Crippen molar-refractivity contribution in [1.82, 2.24) is 0 Å². The fourth-order valence-corrected chi connectivity index (χ4v) is 2.07. The van der Waals surface area contributed by atoms with Crippen molar-refractivity contribution < 1.29 is 9.18 Å². The van der Waals surface area contributed by atoms with Crippen molar-refractivity contribution in [3.8, 4) is 0 Å². The summed E-state index contributed by atoms with van der Waals surface area (Å²) in [4.78, 5) is 12.1. The highest BCUT2D eigenvalue weighted by molar-refractivity contribution is 6.30. The van der Waals surface area contributed by atoms with Crippen LogP contribution < -0.4 is 0 Å². The number of rotatable bonds is 3. The molecule has 19 heavy (non-hydrogen) atoms. The molecule has 0 bridgehead atoms. The van der Waals surface area contributed by atoms with Gasteiger partial charge in [-0.15, -0.1) is 0 Å². The fraction of sp³-hybridized carbons (Fsp3) is 0.188. The van der Waals surface area contributed by atoms with Crippen LogP contribution in [0.2, 0.25) is 5.02 Å². The molecule has 2 aromatic carbocycles. The van der Waals surface area contributed by atoms with E-state index in [1.165, 1.54) is 17.7 Å². The van der Waals surface area contributed by atoms with Gasteiger partial charge < -0.3 is 0 Å². The van der Waals surface area contributed by atoms with E-state index < -0.39 is 5.82 Å². The Balaban J connectivity index is 2.23. The van der Waals surface area contributed by atoms with E-state index in [2.05, 4.69) is 0 Å². The predicted molar refractivity (Wildman–Crippen MR) is 75.4 cm³/mol. The van der Waals surface area contributed by atoms with E-state index in [9.17, 15) is 9.18 Å². The molecule has 0 N–H and O–H groups in total. The van der Waals surface area contributed by atoms with Gasteiger partial charge >= 0.3 is 0 Å². The molecule has 0 aromatic heterocycles. The summed E-state index contributed by atoms with van der Waals surface area (Å²) in [5.74, 6) is -0.807. The van der Waals surface area contributed by atoms with Crippen LogP contribution in [0, 0.1) is 19.7 Å². The largest absolute Gasteiger partial charge is 0.294 e. The van der Waals surface area contributed by atoms with E-state index >= 15 is 0 Å². The number of hydrogen-bond acceptors (Lipinski definition) is 1. The second-order valence-electron chi connectivity index (χ2n) is 4.64. The first-order valence-electron chi connectivity index (χ1n) is 6.02. The summed E-state index contributed by atoms with van der Waals surface area (Å²) >= 11 is 5.67. The van der Waals surface area contributed by atoms with Crippen LogP contribution >= 0.6 is 11.6 Å². The molecule has 0 radical (unpaired) electrons. The summed E-state index contributed by atoms with van der Waals surface area (Å²) in [7, 11) is 0. The third-order valence-electron chi connectivity index (χ3n) is 3.17. The Morgan fingerprint density at radius 2 is 1.84 bits per heavy atom. The molecule has 2 rings (SSSR count).